The number of hydrogen-bond acceptors (Lipinski definition) is 3. The van der Waals surface area contributed by atoms with E-state index >= 15 is 0 Å². The Balaban J connectivity index is 2.44. The van der Waals surface area contributed by atoms with Gasteiger partial charge in [0.1, 0.15) is 11.4 Å². The lowest BCUT2D eigenvalue weighted by Crippen LogP contribution is -2.37. The van der Waals surface area contributed by atoms with Gasteiger partial charge in [-0.15, -0.1) is 0 Å². The molecule has 0 saturated heterocycles. The van der Waals surface area contributed by atoms with Crippen molar-refractivity contribution in [3.05, 3.63) is 28.2 Å². The quantitative estimate of drug-likeness (QED) is 0.901. The van der Waals surface area contributed by atoms with Gasteiger partial charge < -0.3 is 5.11 Å². The summed E-state index contributed by atoms with van der Waals surface area (Å²) < 4.78 is 25.8. The first-order valence-electron chi connectivity index (χ1n) is 5.51. The van der Waals surface area contributed by atoms with Crippen molar-refractivity contribution in [2.75, 3.05) is 6.54 Å². The Morgan fingerprint density at radius 3 is 2.53 bits per heavy atom. The molecule has 1 aliphatic carbocycles. The molecule has 0 bridgehead atoms. The van der Waals surface area contributed by atoms with Crippen molar-refractivity contribution < 1.29 is 18.3 Å². The number of rotatable bonds is 5. The van der Waals surface area contributed by atoms with Crippen LogP contribution in [0.3, 0.4) is 0 Å². The van der Waals surface area contributed by atoms with Crippen molar-refractivity contribution in [3.63, 3.8) is 0 Å². The van der Waals surface area contributed by atoms with Gasteiger partial charge in [-0.1, -0.05) is 23.2 Å². The predicted molar refractivity (Wildman–Crippen MR) is 71.0 cm³/mol. The van der Waals surface area contributed by atoms with Gasteiger partial charge in [0.05, 0.1) is 5.02 Å². The van der Waals surface area contributed by atoms with Crippen molar-refractivity contribution >= 4 is 39.2 Å². The fourth-order valence-corrected chi connectivity index (χ4v) is 4.08. The van der Waals surface area contributed by atoms with Gasteiger partial charge in [-0.3, -0.25) is 4.79 Å². The van der Waals surface area contributed by atoms with E-state index in [2.05, 4.69) is 0 Å². The lowest BCUT2D eigenvalue weighted by molar-refractivity contribution is -0.137. The van der Waals surface area contributed by atoms with Crippen LogP contribution in [-0.4, -0.2) is 36.4 Å². The summed E-state index contributed by atoms with van der Waals surface area (Å²) in [5.41, 5.74) is 0. The van der Waals surface area contributed by atoms with Crippen LogP contribution in [0.4, 0.5) is 0 Å². The van der Waals surface area contributed by atoms with E-state index in [4.69, 9.17) is 28.3 Å². The van der Waals surface area contributed by atoms with Crippen LogP contribution in [0.1, 0.15) is 12.8 Å². The Labute approximate surface area is 120 Å². The van der Waals surface area contributed by atoms with E-state index in [-0.39, 0.29) is 21.0 Å². The van der Waals surface area contributed by atoms with Gasteiger partial charge in [0.25, 0.3) is 0 Å². The van der Waals surface area contributed by atoms with Crippen LogP contribution in [0.2, 0.25) is 10.0 Å². The number of carbonyl (C=O) groups is 1. The first-order valence-corrected chi connectivity index (χ1v) is 7.70. The number of nitrogens with zero attached hydrogens (tertiary/aromatic N) is 1. The van der Waals surface area contributed by atoms with E-state index < -0.39 is 22.5 Å². The molecule has 1 N–H and O–H groups in total. The van der Waals surface area contributed by atoms with Gasteiger partial charge in [-0.25, -0.2) is 8.42 Å². The third kappa shape index (κ3) is 3.20. The van der Waals surface area contributed by atoms with Crippen LogP contribution in [0, 0.1) is 0 Å². The minimum absolute atomic E-state index is 0.0282. The molecule has 5 nitrogen and oxygen atoms in total. The first-order chi connectivity index (χ1) is 8.82. The van der Waals surface area contributed by atoms with Crippen LogP contribution in [0.15, 0.2) is 23.1 Å². The van der Waals surface area contributed by atoms with Crippen LogP contribution in [-0.2, 0) is 14.8 Å². The number of sulfonamides is 1. The lowest BCUT2D eigenvalue weighted by Gasteiger charge is -2.20. The molecule has 8 heteroatoms. The van der Waals surface area contributed by atoms with Gasteiger partial charge in [-0.2, -0.15) is 4.31 Å². The highest BCUT2D eigenvalue weighted by atomic mass is 35.5. The molecule has 1 aromatic rings. The number of aliphatic carboxylic acids is 1. The molecule has 0 aliphatic heterocycles. The van der Waals surface area contributed by atoms with Crippen molar-refractivity contribution in [3.8, 4) is 0 Å². The highest BCUT2D eigenvalue weighted by molar-refractivity contribution is 7.89. The number of carboxylic acid groups (broad SMARTS) is 1. The largest absolute Gasteiger partial charge is 0.480 e. The van der Waals surface area contributed by atoms with Crippen molar-refractivity contribution in [1.29, 1.82) is 0 Å². The minimum Gasteiger partial charge on any atom is -0.480 e. The molecule has 19 heavy (non-hydrogen) atoms. The van der Waals surface area contributed by atoms with Gasteiger partial charge in [-0.05, 0) is 31.0 Å². The summed E-state index contributed by atoms with van der Waals surface area (Å²) >= 11 is 11.6. The molecule has 1 saturated carbocycles. The summed E-state index contributed by atoms with van der Waals surface area (Å²) in [5, 5.41) is 9.09. The molecular formula is C11H11Cl2NO4S. The topological polar surface area (TPSA) is 74.7 Å². The van der Waals surface area contributed by atoms with E-state index in [9.17, 15) is 13.2 Å². The SMILES string of the molecule is O=C(O)CN(C1CC1)S(=O)(=O)c1cc(Cl)ccc1Cl. The minimum atomic E-state index is -3.95. The number of hydrogen-bond donors (Lipinski definition) is 1. The molecule has 0 amide bonds. The lowest BCUT2D eigenvalue weighted by atomic mass is 10.4. The zero-order valence-corrected chi connectivity index (χ0v) is 12.0. The summed E-state index contributed by atoms with van der Waals surface area (Å²) in [6.45, 7) is -0.574. The second kappa shape index (κ2) is 5.28. The van der Waals surface area contributed by atoms with Crippen LogP contribution < -0.4 is 0 Å². The second-order valence-corrected chi connectivity index (χ2v) is 6.95. The first kappa shape index (κ1) is 14.6. The monoisotopic (exact) mass is 323 g/mol. The molecular weight excluding hydrogens is 313 g/mol. The van der Waals surface area contributed by atoms with Gasteiger partial charge in [0.15, 0.2) is 0 Å². The normalized spacial score (nSPS) is 15.7. The van der Waals surface area contributed by atoms with Crippen LogP contribution in [0.5, 0.6) is 0 Å². The van der Waals surface area contributed by atoms with E-state index in [1.165, 1.54) is 18.2 Å². The third-order valence-corrected chi connectivity index (χ3v) is 5.34. The van der Waals surface area contributed by atoms with Crippen molar-refractivity contribution in [2.24, 2.45) is 0 Å². The maximum Gasteiger partial charge on any atom is 0.318 e. The van der Waals surface area contributed by atoms with Gasteiger partial charge in [0.2, 0.25) is 10.0 Å². The number of halogens is 2. The standard InChI is InChI=1S/C11H11Cl2NO4S/c12-7-1-4-9(13)10(5-7)19(17,18)14(6-11(15)16)8-2-3-8/h1,4-5,8H,2-3,6H2,(H,15,16). The molecule has 0 atom stereocenters. The van der Waals surface area contributed by atoms with Crippen molar-refractivity contribution in [1.82, 2.24) is 4.31 Å². The number of benzene rings is 1. The van der Waals surface area contributed by atoms with E-state index in [1.54, 1.807) is 0 Å². The Morgan fingerprint density at radius 2 is 2.00 bits per heavy atom. The molecule has 104 valence electrons. The van der Waals surface area contributed by atoms with Gasteiger partial charge in [0, 0.05) is 11.1 Å². The summed E-state index contributed by atoms with van der Waals surface area (Å²) in [5.74, 6) is -1.20. The van der Waals surface area contributed by atoms with Crippen LogP contribution in [0.25, 0.3) is 0 Å². The Hall–Kier alpha value is -0.820. The van der Waals surface area contributed by atoms with Crippen molar-refractivity contribution in [2.45, 2.75) is 23.8 Å². The third-order valence-electron chi connectivity index (χ3n) is 2.73. The Bertz CT molecular complexity index is 613. The molecule has 0 spiro atoms. The smallest absolute Gasteiger partial charge is 0.318 e. The Kier molecular flexibility index (Phi) is 4.06. The zero-order valence-electron chi connectivity index (χ0n) is 9.71. The fraction of sp³-hybridized carbons (Fsp3) is 0.364. The van der Waals surface area contributed by atoms with E-state index in [0.29, 0.717) is 12.8 Å². The molecule has 1 aliphatic rings. The number of carboxylic acids is 1. The average Bonchev–Trinajstić information content (AvgIpc) is 3.12. The van der Waals surface area contributed by atoms with Crippen LogP contribution >= 0.6 is 23.2 Å². The molecule has 2 rings (SSSR count). The maximum absolute atomic E-state index is 12.4. The predicted octanol–water partition coefficient (Wildman–Crippen LogP) is 2.23. The van der Waals surface area contributed by atoms with E-state index in [0.717, 1.165) is 4.31 Å². The molecule has 0 heterocycles. The average molecular weight is 324 g/mol. The Morgan fingerprint density at radius 1 is 1.37 bits per heavy atom. The van der Waals surface area contributed by atoms with Gasteiger partial charge >= 0.3 is 5.97 Å². The second-order valence-electron chi connectivity index (χ2n) is 4.25. The molecule has 1 fully saturated rings. The molecule has 0 aromatic heterocycles. The highest BCUT2D eigenvalue weighted by Crippen LogP contribution is 2.34. The maximum atomic E-state index is 12.4. The highest BCUT2D eigenvalue weighted by Gasteiger charge is 2.40. The molecule has 0 unspecified atom stereocenters. The molecule has 0 radical (unpaired) electrons. The summed E-state index contributed by atoms with van der Waals surface area (Å²) in [7, 11) is -3.95. The summed E-state index contributed by atoms with van der Waals surface area (Å²) in [4.78, 5) is 10.6. The summed E-state index contributed by atoms with van der Waals surface area (Å²) in [6.07, 6.45) is 1.31. The zero-order chi connectivity index (χ0) is 14.2. The van der Waals surface area contributed by atoms with E-state index in [1.807, 2.05) is 0 Å². The molecule has 1 aromatic carbocycles. The summed E-state index contributed by atoms with van der Waals surface area (Å²) in [6, 6.07) is 3.82. The fourth-order valence-electron chi connectivity index (χ4n) is 1.71.